The number of rotatable bonds is 6. The summed E-state index contributed by atoms with van der Waals surface area (Å²) >= 11 is 12.2. The summed E-state index contributed by atoms with van der Waals surface area (Å²) < 4.78 is 3.55. The van der Waals surface area contributed by atoms with Crippen molar-refractivity contribution in [3.05, 3.63) is 58.3 Å². The van der Waals surface area contributed by atoms with Gasteiger partial charge in [-0.2, -0.15) is 5.10 Å². The standard InChI is InChI=1S/C19H21Cl2N5O/c1-24(2)10-8-22-19(27)18-12-16(17-5-4-9-25(17)3)23-26(18)13-6-7-14(20)15(21)11-13/h4-7,9,11-12H,8,10H2,1-3H3,(H,22,27). The Balaban J connectivity index is 2.01. The summed E-state index contributed by atoms with van der Waals surface area (Å²) in [6.45, 7) is 1.29. The van der Waals surface area contributed by atoms with E-state index in [0.717, 1.165) is 12.2 Å². The quantitative estimate of drug-likeness (QED) is 0.682. The summed E-state index contributed by atoms with van der Waals surface area (Å²) in [6.07, 6.45) is 1.93. The normalized spacial score (nSPS) is 11.2. The van der Waals surface area contributed by atoms with Crippen LogP contribution in [0, 0.1) is 0 Å². The summed E-state index contributed by atoms with van der Waals surface area (Å²) in [5.41, 5.74) is 2.72. The molecule has 6 nitrogen and oxygen atoms in total. The maximum Gasteiger partial charge on any atom is 0.270 e. The van der Waals surface area contributed by atoms with E-state index < -0.39 is 0 Å². The molecule has 27 heavy (non-hydrogen) atoms. The van der Waals surface area contributed by atoms with Crippen LogP contribution >= 0.6 is 23.2 Å². The highest BCUT2D eigenvalue weighted by atomic mass is 35.5. The highest BCUT2D eigenvalue weighted by molar-refractivity contribution is 6.42. The van der Waals surface area contributed by atoms with Crippen LogP contribution in [0.5, 0.6) is 0 Å². The van der Waals surface area contributed by atoms with Gasteiger partial charge in [-0.15, -0.1) is 0 Å². The number of nitrogens with one attached hydrogen (secondary N) is 1. The van der Waals surface area contributed by atoms with Crippen molar-refractivity contribution < 1.29 is 4.79 Å². The molecular formula is C19H21Cl2N5O. The van der Waals surface area contributed by atoms with Crippen LogP contribution in [0.2, 0.25) is 10.0 Å². The van der Waals surface area contributed by atoms with Gasteiger partial charge in [-0.3, -0.25) is 4.79 Å². The van der Waals surface area contributed by atoms with E-state index in [1.165, 1.54) is 0 Å². The van der Waals surface area contributed by atoms with Gasteiger partial charge in [-0.1, -0.05) is 23.2 Å². The minimum atomic E-state index is -0.198. The highest BCUT2D eigenvalue weighted by Gasteiger charge is 2.19. The molecule has 0 bridgehead atoms. The van der Waals surface area contributed by atoms with Crippen molar-refractivity contribution in [2.24, 2.45) is 7.05 Å². The number of aromatic nitrogens is 3. The first kappa shape index (κ1) is 19.5. The van der Waals surface area contributed by atoms with Crippen molar-refractivity contribution in [3.63, 3.8) is 0 Å². The van der Waals surface area contributed by atoms with E-state index in [4.69, 9.17) is 23.2 Å². The number of hydrogen-bond donors (Lipinski definition) is 1. The lowest BCUT2D eigenvalue weighted by Gasteiger charge is -2.11. The molecule has 1 aromatic carbocycles. The van der Waals surface area contributed by atoms with Gasteiger partial charge >= 0.3 is 0 Å². The molecule has 0 fully saturated rings. The first-order chi connectivity index (χ1) is 12.9. The summed E-state index contributed by atoms with van der Waals surface area (Å²) in [5.74, 6) is -0.198. The average Bonchev–Trinajstić information content (AvgIpc) is 3.23. The second-order valence-corrected chi connectivity index (χ2v) is 7.30. The predicted octanol–water partition coefficient (Wildman–Crippen LogP) is 3.48. The molecular weight excluding hydrogens is 385 g/mol. The molecule has 1 amide bonds. The molecule has 3 rings (SSSR count). The summed E-state index contributed by atoms with van der Waals surface area (Å²) in [7, 11) is 5.85. The number of halogens is 2. The van der Waals surface area contributed by atoms with E-state index in [9.17, 15) is 4.79 Å². The summed E-state index contributed by atoms with van der Waals surface area (Å²) in [6, 6.07) is 10.8. The first-order valence-corrected chi connectivity index (χ1v) is 9.22. The Labute approximate surface area is 168 Å². The second-order valence-electron chi connectivity index (χ2n) is 6.49. The van der Waals surface area contributed by atoms with E-state index in [0.29, 0.717) is 33.7 Å². The van der Waals surface area contributed by atoms with Gasteiger partial charge in [0.05, 0.1) is 21.4 Å². The van der Waals surface area contributed by atoms with Crippen molar-refractivity contribution >= 4 is 29.1 Å². The van der Waals surface area contributed by atoms with Gasteiger partial charge in [-0.05, 0) is 50.5 Å². The topological polar surface area (TPSA) is 55.1 Å². The Kier molecular flexibility index (Phi) is 5.89. The fourth-order valence-electron chi connectivity index (χ4n) is 2.69. The first-order valence-electron chi connectivity index (χ1n) is 8.47. The van der Waals surface area contributed by atoms with Gasteiger partial charge in [0.1, 0.15) is 11.4 Å². The number of carbonyl (C=O) groups excluding carboxylic acids is 1. The number of carbonyl (C=O) groups is 1. The molecule has 3 aromatic rings. The van der Waals surface area contributed by atoms with Gasteiger partial charge in [0.2, 0.25) is 0 Å². The number of likely N-dealkylation sites (N-methyl/N-ethyl adjacent to an activating group) is 1. The lowest BCUT2D eigenvalue weighted by atomic mass is 10.2. The minimum absolute atomic E-state index is 0.198. The molecule has 8 heteroatoms. The molecule has 142 valence electrons. The monoisotopic (exact) mass is 405 g/mol. The number of nitrogens with zero attached hydrogens (tertiary/aromatic N) is 4. The van der Waals surface area contributed by atoms with Crippen LogP contribution in [0.1, 0.15) is 10.5 Å². The predicted molar refractivity (Wildman–Crippen MR) is 109 cm³/mol. The zero-order valence-electron chi connectivity index (χ0n) is 15.4. The average molecular weight is 406 g/mol. The van der Waals surface area contributed by atoms with Gasteiger partial charge in [0, 0.05) is 26.3 Å². The third-order valence-corrected chi connectivity index (χ3v) is 4.88. The Morgan fingerprint density at radius 1 is 1.19 bits per heavy atom. The molecule has 0 aliphatic heterocycles. The van der Waals surface area contributed by atoms with E-state index in [-0.39, 0.29) is 5.91 Å². The Morgan fingerprint density at radius 3 is 2.59 bits per heavy atom. The van der Waals surface area contributed by atoms with E-state index >= 15 is 0 Å². The molecule has 0 aliphatic carbocycles. The lowest BCUT2D eigenvalue weighted by molar-refractivity contribution is 0.0943. The third kappa shape index (κ3) is 4.35. The largest absolute Gasteiger partial charge is 0.349 e. The molecule has 0 unspecified atom stereocenters. The molecule has 0 saturated heterocycles. The zero-order chi connectivity index (χ0) is 19.6. The lowest BCUT2D eigenvalue weighted by Crippen LogP contribution is -2.32. The zero-order valence-corrected chi connectivity index (χ0v) is 16.9. The van der Waals surface area contributed by atoms with Gasteiger partial charge < -0.3 is 14.8 Å². The molecule has 2 aromatic heterocycles. The summed E-state index contributed by atoms with van der Waals surface area (Å²) in [5, 5.41) is 8.43. The highest BCUT2D eigenvalue weighted by Crippen LogP contribution is 2.27. The van der Waals surface area contributed by atoms with Crippen molar-refractivity contribution in [2.75, 3.05) is 27.2 Å². The van der Waals surface area contributed by atoms with Gasteiger partial charge in [-0.25, -0.2) is 4.68 Å². The van der Waals surface area contributed by atoms with Crippen molar-refractivity contribution in [1.29, 1.82) is 0 Å². The molecule has 0 atom stereocenters. The van der Waals surface area contributed by atoms with Crippen molar-refractivity contribution in [1.82, 2.24) is 24.6 Å². The number of amides is 1. The molecule has 0 radical (unpaired) electrons. The Hall–Kier alpha value is -2.28. The number of aryl methyl sites for hydroxylation is 1. The van der Waals surface area contributed by atoms with Crippen molar-refractivity contribution in [2.45, 2.75) is 0 Å². The second kappa shape index (κ2) is 8.17. The van der Waals surface area contributed by atoms with Crippen LogP contribution in [0.4, 0.5) is 0 Å². The van der Waals surface area contributed by atoms with Crippen LogP contribution in [-0.4, -0.2) is 52.3 Å². The molecule has 0 aliphatic rings. The number of benzene rings is 1. The molecule has 1 N–H and O–H groups in total. The maximum atomic E-state index is 12.8. The SMILES string of the molecule is CN(C)CCNC(=O)c1cc(-c2cccn2C)nn1-c1ccc(Cl)c(Cl)c1. The molecule has 0 saturated carbocycles. The Morgan fingerprint density at radius 2 is 1.96 bits per heavy atom. The van der Waals surface area contributed by atoms with Crippen molar-refractivity contribution in [3.8, 4) is 17.1 Å². The molecule has 2 heterocycles. The van der Waals surface area contributed by atoms with Crippen LogP contribution in [0.25, 0.3) is 17.1 Å². The van der Waals surface area contributed by atoms with Gasteiger partial charge in [0.25, 0.3) is 5.91 Å². The fourth-order valence-corrected chi connectivity index (χ4v) is 2.98. The Bertz CT molecular complexity index is 961. The maximum absolute atomic E-state index is 12.8. The third-order valence-electron chi connectivity index (χ3n) is 4.14. The minimum Gasteiger partial charge on any atom is -0.349 e. The molecule has 0 spiro atoms. The van der Waals surface area contributed by atoms with Crippen LogP contribution in [0.15, 0.2) is 42.6 Å². The fraction of sp³-hybridized carbons (Fsp3) is 0.263. The summed E-state index contributed by atoms with van der Waals surface area (Å²) in [4.78, 5) is 14.8. The van der Waals surface area contributed by atoms with Crippen LogP contribution < -0.4 is 5.32 Å². The van der Waals surface area contributed by atoms with Gasteiger partial charge in [0.15, 0.2) is 0 Å². The van der Waals surface area contributed by atoms with Crippen LogP contribution in [-0.2, 0) is 7.05 Å². The van der Waals surface area contributed by atoms with E-state index in [1.54, 1.807) is 28.9 Å². The van der Waals surface area contributed by atoms with E-state index in [2.05, 4.69) is 10.4 Å². The van der Waals surface area contributed by atoms with Crippen LogP contribution in [0.3, 0.4) is 0 Å². The smallest absolute Gasteiger partial charge is 0.270 e. The van der Waals surface area contributed by atoms with E-state index in [1.807, 2.05) is 48.9 Å². The number of hydrogen-bond acceptors (Lipinski definition) is 3.